The fourth-order valence-electron chi connectivity index (χ4n) is 1.91. The van der Waals surface area contributed by atoms with Gasteiger partial charge in [0.05, 0.1) is 12.1 Å². The van der Waals surface area contributed by atoms with E-state index in [1.165, 1.54) is 12.1 Å². The van der Waals surface area contributed by atoms with Crippen LogP contribution in [0.1, 0.15) is 12.5 Å². The van der Waals surface area contributed by atoms with Gasteiger partial charge in [-0.05, 0) is 37.7 Å². The molecule has 96 valence electrons. The first-order valence-corrected chi connectivity index (χ1v) is 5.96. The van der Waals surface area contributed by atoms with Crippen LogP contribution in [-0.4, -0.2) is 34.7 Å². The molecular weight excluding hydrogens is 231 g/mol. The van der Waals surface area contributed by atoms with Crippen LogP contribution in [-0.2, 0) is 6.54 Å². The van der Waals surface area contributed by atoms with E-state index in [4.69, 9.17) is 5.11 Å². The SMILES string of the molecule is CC(CO)N(C)Cc1cc(F)cc2cccnc12. The molecule has 2 rings (SSSR count). The van der Waals surface area contributed by atoms with Gasteiger partial charge in [-0.1, -0.05) is 6.07 Å². The highest BCUT2D eigenvalue weighted by Gasteiger charge is 2.12. The lowest BCUT2D eigenvalue weighted by Gasteiger charge is -2.23. The number of fused-ring (bicyclic) bond motifs is 1. The van der Waals surface area contributed by atoms with Crippen LogP contribution in [0.25, 0.3) is 10.9 Å². The second-order valence-corrected chi connectivity index (χ2v) is 4.59. The van der Waals surface area contributed by atoms with Crippen LogP contribution in [0.3, 0.4) is 0 Å². The third-order valence-electron chi connectivity index (χ3n) is 3.19. The summed E-state index contributed by atoms with van der Waals surface area (Å²) in [7, 11) is 1.90. The van der Waals surface area contributed by atoms with Crippen LogP contribution in [0.2, 0.25) is 0 Å². The molecule has 1 heterocycles. The molecule has 0 aliphatic carbocycles. The Kier molecular flexibility index (Phi) is 3.89. The Labute approximate surface area is 106 Å². The smallest absolute Gasteiger partial charge is 0.124 e. The zero-order valence-corrected chi connectivity index (χ0v) is 10.6. The van der Waals surface area contributed by atoms with Crippen molar-refractivity contribution in [1.29, 1.82) is 0 Å². The Morgan fingerprint density at radius 3 is 2.94 bits per heavy atom. The molecule has 0 aliphatic heterocycles. The van der Waals surface area contributed by atoms with Crippen molar-refractivity contribution in [2.75, 3.05) is 13.7 Å². The number of benzene rings is 1. The first kappa shape index (κ1) is 12.9. The molecule has 1 unspecified atom stereocenters. The maximum Gasteiger partial charge on any atom is 0.124 e. The largest absolute Gasteiger partial charge is 0.395 e. The summed E-state index contributed by atoms with van der Waals surface area (Å²) in [5.74, 6) is -0.254. The quantitative estimate of drug-likeness (QED) is 0.901. The minimum Gasteiger partial charge on any atom is -0.395 e. The normalized spacial score (nSPS) is 13.2. The molecule has 1 aromatic carbocycles. The molecule has 0 aliphatic rings. The van der Waals surface area contributed by atoms with Gasteiger partial charge in [0, 0.05) is 24.2 Å². The van der Waals surface area contributed by atoms with E-state index < -0.39 is 0 Å². The second-order valence-electron chi connectivity index (χ2n) is 4.59. The predicted molar refractivity (Wildman–Crippen MR) is 69.7 cm³/mol. The van der Waals surface area contributed by atoms with E-state index in [9.17, 15) is 4.39 Å². The van der Waals surface area contributed by atoms with Gasteiger partial charge in [0.1, 0.15) is 5.82 Å². The summed E-state index contributed by atoms with van der Waals surface area (Å²) in [6.07, 6.45) is 1.71. The number of halogens is 1. The molecule has 0 spiro atoms. The highest BCUT2D eigenvalue weighted by Crippen LogP contribution is 2.20. The van der Waals surface area contributed by atoms with E-state index in [1.54, 1.807) is 12.3 Å². The number of nitrogens with zero attached hydrogens (tertiary/aromatic N) is 2. The van der Waals surface area contributed by atoms with Gasteiger partial charge in [0.15, 0.2) is 0 Å². The number of hydrogen-bond donors (Lipinski definition) is 1. The summed E-state index contributed by atoms with van der Waals surface area (Å²) < 4.78 is 13.5. The molecular formula is C14H17FN2O. The monoisotopic (exact) mass is 248 g/mol. The Bertz CT molecular complexity index is 544. The summed E-state index contributed by atoms with van der Waals surface area (Å²) >= 11 is 0. The summed E-state index contributed by atoms with van der Waals surface area (Å²) in [6.45, 7) is 2.57. The van der Waals surface area contributed by atoms with Crippen LogP contribution >= 0.6 is 0 Å². The standard InChI is InChI=1S/C14H17FN2O/c1-10(9-18)17(2)8-12-7-13(15)6-11-4-3-5-16-14(11)12/h3-7,10,18H,8-9H2,1-2H3. The number of aliphatic hydroxyl groups is 1. The maximum absolute atomic E-state index is 13.5. The van der Waals surface area contributed by atoms with E-state index in [2.05, 4.69) is 4.98 Å². The van der Waals surface area contributed by atoms with Gasteiger partial charge >= 0.3 is 0 Å². The van der Waals surface area contributed by atoms with E-state index >= 15 is 0 Å². The number of aliphatic hydroxyl groups excluding tert-OH is 1. The van der Waals surface area contributed by atoms with Crippen molar-refractivity contribution in [3.8, 4) is 0 Å². The van der Waals surface area contributed by atoms with Gasteiger partial charge in [-0.3, -0.25) is 9.88 Å². The highest BCUT2D eigenvalue weighted by atomic mass is 19.1. The Hall–Kier alpha value is -1.52. The van der Waals surface area contributed by atoms with Gasteiger partial charge in [0.25, 0.3) is 0 Å². The number of rotatable bonds is 4. The van der Waals surface area contributed by atoms with Crippen molar-refractivity contribution >= 4 is 10.9 Å². The molecule has 0 amide bonds. The fraction of sp³-hybridized carbons (Fsp3) is 0.357. The third kappa shape index (κ3) is 2.66. The summed E-state index contributed by atoms with van der Waals surface area (Å²) in [6, 6.07) is 6.68. The lowest BCUT2D eigenvalue weighted by Crippen LogP contribution is -2.31. The molecule has 1 aromatic heterocycles. The van der Waals surface area contributed by atoms with Crippen LogP contribution in [0, 0.1) is 5.82 Å². The molecule has 4 heteroatoms. The lowest BCUT2D eigenvalue weighted by atomic mass is 10.1. The van der Waals surface area contributed by atoms with Gasteiger partial charge in [-0.2, -0.15) is 0 Å². The number of aromatic nitrogens is 1. The Balaban J connectivity index is 2.38. The Morgan fingerprint density at radius 1 is 1.44 bits per heavy atom. The minimum atomic E-state index is -0.254. The van der Waals surface area contributed by atoms with Gasteiger partial charge in [-0.25, -0.2) is 4.39 Å². The van der Waals surface area contributed by atoms with Gasteiger partial charge in [0.2, 0.25) is 0 Å². The van der Waals surface area contributed by atoms with Crippen molar-refractivity contribution in [1.82, 2.24) is 9.88 Å². The topological polar surface area (TPSA) is 36.4 Å². The molecule has 2 aromatic rings. The molecule has 1 atom stereocenters. The molecule has 0 saturated heterocycles. The molecule has 1 N–H and O–H groups in total. The van der Waals surface area contributed by atoms with Crippen LogP contribution < -0.4 is 0 Å². The fourth-order valence-corrected chi connectivity index (χ4v) is 1.91. The van der Waals surface area contributed by atoms with Crippen molar-refractivity contribution < 1.29 is 9.50 Å². The van der Waals surface area contributed by atoms with Crippen molar-refractivity contribution in [3.63, 3.8) is 0 Å². The number of hydrogen-bond acceptors (Lipinski definition) is 3. The number of pyridine rings is 1. The van der Waals surface area contributed by atoms with E-state index in [1.807, 2.05) is 24.9 Å². The van der Waals surface area contributed by atoms with E-state index in [0.29, 0.717) is 6.54 Å². The first-order valence-electron chi connectivity index (χ1n) is 5.96. The van der Waals surface area contributed by atoms with E-state index in [-0.39, 0.29) is 18.5 Å². The van der Waals surface area contributed by atoms with Crippen molar-refractivity contribution in [2.45, 2.75) is 19.5 Å². The molecule has 0 saturated carbocycles. The summed E-state index contributed by atoms with van der Waals surface area (Å²) in [5.41, 5.74) is 1.66. The molecule has 0 bridgehead atoms. The molecule has 3 nitrogen and oxygen atoms in total. The van der Waals surface area contributed by atoms with Gasteiger partial charge in [-0.15, -0.1) is 0 Å². The third-order valence-corrected chi connectivity index (χ3v) is 3.19. The summed E-state index contributed by atoms with van der Waals surface area (Å²) in [4.78, 5) is 6.28. The maximum atomic E-state index is 13.5. The van der Waals surface area contributed by atoms with Crippen LogP contribution in [0.15, 0.2) is 30.5 Å². The molecule has 18 heavy (non-hydrogen) atoms. The summed E-state index contributed by atoms with van der Waals surface area (Å²) in [5, 5.41) is 9.92. The van der Waals surface area contributed by atoms with Crippen molar-refractivity contribution in [3.05, 3.63) is 41.8 Å². The molecule has 0 fully saturated rings. The van der Waals surface area contributed by atoms with Crippen molar-refractivity contribution in [2.24, 2.45) is 0 Å². The first-order chi connectivity index (χ1) is 8.61. The van der Waals surface area contributed by atoms with Gasteiger partial charge < -0.3 is 5.11 Å². The average molecular weight is 248 g/mol. The van der Waals surface area contributed by atoms with Crippen LogP contribution in [0.4, 0.5) is 4.39 Å². The predicted octanol–water partition coefficient (Wildman–Crippen LogP) is 2.19. The zero-order chi connectivity index (χ0) is 13.1. The average Bonchev–Trinajstić information content (AvgIpc) is 2.37. The minimum absolute atomic E-state index is 0.0343. The Morgan fingerprint density at radius 2 is 2.22 bits per heavy atom. The molecule has 0 radical (unpaired) electrons. The highest BCUT2D eigenvalue weighted by molar-refractivity contribution is 5.81. The zero-order valence-electron chi connectivity index (χ0n) is 10.6. The van der Waals surface area contributed by atoms with E-state index in [0.717, 1.165) is 16.5 Å². The van der Waals surface area contributed by atoms with Crippen LogP contribution in [0.5, 0.6) is 0 Å². The second kappa shape index (κ2) is 5.42. The lowest BCUT2D eigenvalue weighted by molar-refractivity contribution is 0.154. The number of likely N-dealkylation sites (N-methyl/N-ethyl adjacent to an activating group) is 1.